The van der Waals surface area contributed by atoms with Crippen molar-refractivity contribution in [1.29, 1.82) is 0 Å². The molecule has 3 aromatic rings. The Morgan fingerprint density at radius 2 is 2.07 bits per heavy atom. The zero-order valence-corrected chi connectivity index (χ0v) is 16.1. The number of methoxy groups -OCH3 is 1. The van der Waals surface area contributed by atoms with Crippen molar-refractivity contribution in [3.05, 3.63) is 47.5 Å². The number of hydrogen-bond donors (Lipinski definition) is 0. The van der Waals surface area contributed by atoms with Crippen molar-refractivity contribution in [3.8, 4) is 5.75 Å². The zero-order valence-electron chi connectivity index (χ0n) is 15.3. The summed E-state index contributed by atoms with van der Waals surface area (Å²) in [6.45, 7) is 2.20. The Hall–Kier alpha value is -2.87. The summed E-state index contributed by atoms with van der Waals surface area (Å²) in [5.41, 5.74) is 1.05. The number of anilines is 1. The predicted octanol–water partition coefficient (Wildman–Crippen LogP) is 2.58. The molecule has 3 heterocycles. The van der Waals surface area contributed by atoms with Crippen molar-refractivity contribution < 1.29 is 13.9 Å². The maximum Gasteiger partial charge on any atom is 0.244 e. The highest BCUT2D eigenvalue weighted by Crippen LogP contribution is 2.32. The molecule has 0 radical (unpaired) electrons. The van der Waals surface area contributed by atoms with Crippen LogP contribution in [-0.4, -0.2) is 58.9 Å². The summed E-state index contributed by atoms with van der Waals surface area (Å²) in [7, 11) is 1.49. The topological polar surface area (TPSA) is 63.5 Å². The van der Waals surface area contributed by atoms with E-state index >= 15 is 0 Å². The number of fused-ring (bicyclic) bond motifs is 1. The first-order valence-corrected chi connectivity index (χ1v) is 9.27. The number of halogens is 2. The SMILES string of the molecule is COc1cc(N2CCN(C(=O)Cn3cc4cccnc4n3)CC2)c(F)cc1Cl. The smallest absolute Gasteiger partial charge is 0.244 e. The lowest BCUT2D eigenvalue weighted by molar-refractivity contribution is -0.132. The van der Waals surface area contributed by atoms with E-state index in [-0.39, 0.29) is 17.5 Å². The van der Waals surface area contributed by atoms with E-state index in [0.29, 0.717) is 43.3 Å². The lowest BCUT2D eigenvalue weighted by Crippen LogP contribution is -2.49. The van der Waals surface area contributed by atoms with Gasteiger partial charge in [-0.1, -0.05) is 11.6 Å². The Bertz CT molecular complexity index is 984. The molecule has 1 aliphatic heterocycles. The van der Waals surface area contributed by atoms with Crippen molar-refractivity contribution in [2.24, 2.45) is 0 Å². The van der Waals surface area contributed by atoms with E-state index in [1.165, 1.54) is 13.2 Å². The van der Waals surface area contributed by atoms with Gasteiger partial charge in [0.25, 0.3) is 0 Å². The van der Waals surface area contributed by atoms with Crippen LogP contribution in [0.5, 0.6) is 5.75 Å². The average molecular weight is 404 g/mol. The first kappa shape index (κ1) is 18.5. The fourth-order valence-electron chi connectivity index (χ4n) is 3.34. The molecular formula is C19H19ClFN5O2. The van der Waals surface area contributed by atoms with E-state index in [4.69, 9.17) is 16.3 Å². The summed E-state index contributed by atoms with van der Waals surface area (Å²) in [5.74, 6) is -0.00106. The minimum Gasteiger partial charge on any atom is -0.495 e. The number of hydrogen-bond acceptors (Lipinski definition) is 5. The van der Waals surface area contributed by atoms with Crippen LogP contribution in [0.25, 0.3) is 11.0 Å². The number of carbonyl (C=O) groups is 1. The second kappa shape index (κ2) is 7.63. The van der Waals surface area contributed by atoms with Gasteiger partial charge in [-0.2, -0.15) is 5.10 Å². The molecule has 146 valence electrons. The molecule has 7 nitrogen and oxygen atoms in total. The Kier molecular flexibility index (Phi) is 5.04. The highest BCUT2D eigenvalue weighted by Gasteiger charge is 2.24. The molecule has 9 heteroatoms. The number of nitrogens with zero attached hydrogens (tertiary/aromatic N) is 5. The van der Waals surface area contributed by atoms with Gasteiger partial charge in [0.1, 0.15) is 18.1 Å². The Morgan fingerprint density at radius 1 is 1.29 bits per heavy atom. The molecule has 0 atom stereocenters. The summed E-state index contributed by atoms with van der Waals surface area (Å²) >= 11 is 5.96. The van der Waals surface area contributed by atoms with Gasteiger partial charge in [0, 0.05) is 50.0 Å². The van der Waals surface area contributed by atoms with E-state index in [1.54, 1.807) is 21.8 Å². The molecule has 1 fully saturated rings. The molecule has 1 saturated heterocycles. The molecule has 2 aromatic heterocycles. The summed E-state index contributed by atoms with van der Waals surface area (Å²) in [5, 5.41) is 5.45. The van der Waals surface area contributed by atoms with Gasteiger partial charge in [-0.3, -0.25) is 9.48 Å². The third-order valence-corrected chi connectivity index (χ3v) is 5.12. The number of rotatable bonds is 4. The molecule has 1 amide bonds. The number of pyridine rings is 1. The largest absolute Gasteiger partial charge is 0.495 e. The summed E-state index contributed by atoms with van der Waals surface area (Å²) < 4.78 is 21.1. The van der Waals surface area contributed by atoms with Gasteiger partial charge < -0.3 is 14.5 Å². The van der Waals surface area contributed by atoms with Crippen molar-refractivity contribution in [2.75, 3.05) is 38.2 Å². The molecule has 1 aliphatic rings. The monoisotopic (exact) mass is 403 g/mol. The molecular weight excluding hydrogens is 385 g/mol. The highest BCUT2D eigenvalue weighted by atomic mass is 35.5. The second-order valence-corrected chi connectivity index (χ2v) is 6.96. The number of carbonyl (C=O) groups excluding carboxylic acids is 1. The van der Waals surface area contributed by atoms with Gasteiger partial charge in [-0.05, 0) is 18.2 Å². The predicted molar refractivity (Wildman–Crippen MR) is 104 cm³/mol. The van der Waals surface area contributed by atoms with E-state index in [9.17, 15) is 9.18 Å². The van der Waals surface area contributed by atoms with Crippen LogP contribution >= 0.6 is 11.6 Å². The fourth-order valence-corrected chi connectivity index (χ4v) is 3.57. The fraction of sp³-hybridized carbons (Fsp3) is 0.316. The number of benzene rings is 1. The molecule has 0 N–H and O–H groups in total. The van der Waals surface area contributed by atoms with Crippen LogP contribution in [0, 0.1) is 5.82 Å². The van der Waals surface area contributed by atoms with Crippen molar-refractivity contribution >= 4 is 34.2 Å². The van der Waals surface area contributed by atoms with Crippen LogP contribution in [0.3, 0.4) is 0 Å². The van der Waals surface area contributed by atoms with Crippen LogP contribution < -0.4 is 9.64 Å². The molecule has 1 aromatic carbocycles. The summed E-state index contributed by atoms with van der Waals surface area (Å²) in [4.78, 5) is 20.4. The maximum atomic E-state index is 14.3. The van der Waals surface area contributed by atoms with Gasteiger partial charge in [-0.15, -0.1) is 0 Å². The van der Waals surface area contributed by atoms with Gasteiger partial charge in [0.15, 0.2) is 5.65 Å². The van der Waals surface area contributed by atoms with Crippen LogP contribution in [0.1, 0.15) is 0 Å². The summed E-state index contributed by atoms with van der Waals surface area (Å²) in [6.07, 6.45) is 3.48. The van der Waals surface area contributed by atoms with E-state index < -0.39 is 5.82 Å². The molecule has 0 bridgehead atoms. The van der Waals surface area contributed by atoms with Gasteiger partial charge in [0.2, 0.25) is 5.91 Å². The molecule has 0 spiro atoms. The van der Waals surface area contributed by atoms with Crippen molar-refractivity contribution in [2.45, 2.75) is 6.54 Å². The minimum absolute atomic E-state index is 0.0263. The van der Waals surface area contributed by atoms with E-state index in [0.717, 1.165) is 5.39 Å². The second-order valence-electron chi connectivity index (χ2n) is 6.55. The molecule has 4 rings (SSSR count). The van der Waals surface area contributed by atoms with Gasteiger partial charge >= 0.3 is 0 Å². The molecule has 0 saturated carbocycles. The molecule has 0 aliphatic carbocycles. The maximum absolute atomic E-state index is 14.3. The number of piperazine rings is 1. The Morgan fingerprint density at radius 3 is 2.79 bits per heavy atom. The number of amides is 1. The van der Waals surface area contributed by atoms with E-state index in [2.05, 4.69) is 10.1 Å². The number of ether oxygens (including phenoxy) is 1. The molecule has 28 heavy (non-hydrogen) atoms. The first-order valence-electron chi connectivity index (χ1n) is 8.89. The third-order valence-electron chi connectivity index (χ3n) is 4.82. The summed E-state index contributed by atoms with van der Waals surface area (Å²) in [6, 6.07) is 6.59. The van der Waals surface area contributed by atoms with E-state index in [1.807, 2.05) is 23.2 Å². The van der Waals surface area contributed by atoms with Crippen LogP contribution in [-0.2, 0) is 11.3 Å². The Balaban J connectivity index is 1.40. The van der Waals surface area contributed by atoms with Crippen LogP contribution in [0.2, 0.25) is 5.02 Å². The lowest BCUT2D eigenvalue weighted by atomic mass is 10.2. The zero-order chi connectivity index (χ0) is 19.7. The van der Waals surface area contributed by atoms with Gasteiger partial charge in [-0.25, -0.2) is 9.37 Å². The lowest BCUT2D eigenvalue weighted by Gasteiger charge is -2.36. The van der Waals surface area contributed by atoms with Crippen molar-refractivity contribution in [1.82, 2.24) is 19.7 Å². The van der Waals surface area contributed by atoms with Crippen molar-refractivity contribution in [3.63, 3.8) is 0 Å². The molecule has 0 unspecified atom stereocenters. The quantitative estimate of drug-likeness (QED) is 0.670. The first-order chi connectivity index (χ1) is 13.5. The third kappa shape index (κ3) is 3.60. The Labute approximate surface area is 166 Å². The minimum atomic E-state index is -0.402. The van der Waals surface area contributed by atoms with Crippen LogP contribution in [0.15, 0.2) is 36.7 Å². The standard InChI is InChI=1S/C19H19ClFN5O2/c1-28-17-10-16(15(21)9-14(17)20)24-5-7-25(8-6-24)18(27)12-26-11-13-3-2-4-22-19(13)23-26/h2-4,9-11H,5-8,12H2,1H3. The number of aromatic nitrogens is 3. The normalized spacial score (nSPS) is 14.5. The highest BCUT2D eigenvalue weighted by molar-refractivity contribution is 6.32. The average Bonchev–Trinajstić information content (AvgIpc) is 3.10. The van der Waals surface area contributed by atoms with Gasteiger partial charge in [0.05, 0.1) is 17.8 Å². The van der Waals surface area contributed by atoms with Crippen LogP contribution in [0.4, 0.5) is 10.1 Å².